The van der Waals surface area contributed by atoms with E-state index in [1.807, 2.05) is 19.2 Å². The smallest absolute Gasteiger partial charge is 0.305 e. The number of halogens is 2. The van der Waals surface area contributed by atoms with Crippen molar-refractivity contribution in [2.24, 2.45) is 0 Å². The quantitative estimate of drug-likeness (QED) is 0.548. The fraction of sp³-hybridized carbons (Fsp3) is 0.520. The Morgan fingerprint density at radius 2 is 1.97 bits per heavy atom. The van der Waals surface area contributed by atoms with Crippen LogP contribution >= 0.6 is 23.2 Å². The number of nitrogens with one attached hydrogen (secondary N) is 1. The summed E-state index contributed by atoms with van der Waals surface area (Å²) >= 11 is 12.4. The Bertz CT molecular complexity index is 959. The van der Waals surface area contributed by atoms with E-state index in [4.69, 9.17) is 28.2 Å². The monoisotopic (exact) mass is 490 g/mol. The Hall–Kier alpha value is -1.86. The predicted molar refractivity (Wildman–Crippen MR) is 133 cm³/mol. The van der Waals surface area contributed by atoms with Crippen LogP contribution in [0, 0.1) is 0 Å². The number of carboxylic acids is 1. The molecule has 0 amide bonds. The molecule has 6 nitrogen and oxygen atoms in total. The summed E-state index contributed by atoms with van der Waals surface area (Å²) in [4.78, 5) is 21.1. The molecule has 1 aromatic heterocycles. The van der Waals surface area contributed by atoms with E-state index in [1.54, 1.807) is 6.07 Å². The molecule has 0 radical (unpaired) electrons. The minimum atomic E-state index is -0.826. The minimum absolute atomic E-state index is 0.0193. The summed E-state index contributed by atoms with van der Waals surface area (Å²) in [6.45, 7) is 3.99. The number of piperidine rings is 1. The molecule has 1 saturated heterocycles. The highest BCUT2D eigenvalue weighted by Gasteiger charge is 2.29. The minimum Gasteiger partial charge on any atom is -0.481 e. The van der Waals surface area contributed by atoms with Gasteiger partial charge in [0.15, 0.2) is 0 Å². The van der Waals surface area contributed by atoms with Crippen molar-refractivity contribution in [3.05, 3.63) is 57.2 Å². The summed E-state index contributed by atoms with van der Waals surface area (Å²) in [5.41, 5.74) is 3.32. The number of likely N-dealkylation sites (tertiary alicyclic amines) is 1. The van der Waals surface area contributed by atoms with Crippen molar-refractivity contribution in [1.82, 2.24) is 14.8 Å². The van der Waals surface area contributed by atoms with E-state index < -0.39 is 5.97 Å². The molecule has 8 heteroatoms. The van der Waals surface area contributed by atoms with E-state index in [0.29, 0.717) is 16.1 Å². The maximum absolute atomic E-state index is 11.6. The summed E-state index contributed by atoms with van der Waals surface area (Å²) in [7, 11) is 2.02. The summed E-state index contributed by atoms with van der Waals surface area (Å²) in [6.07, 6.45) is 5.25. The van der Waals surface area contributed by atoms with Crippen LogP contribution < -0.4 is 5.32 Å². The molecule has 1 fully saturated rings. The number of rotatable bonds is 8. The number of aryl methyl sites for hydroxylation is 1. The molecule has 2 aliphatic rings. The van der Waals surface area contributed by atoms with Crippen molar-refractivity contribution >= 4 is 35.0 Å². The van der Waals surface area contributed by atoms with Crippen LogP contribution in [0.5, 0.6) is 0 Å². The predicted octanol–water partition coefficient (Wildman–Crippen LogP) is 4.90. The first-order chi connectivity index (χ1) is 15.9. The van der Waals surface area contributed by atoms with E-state index >= 15 is 0 Å². The molecule has 0 aliphatic carbocycles. The maximum atomic E-state index is 11.6. The lowest BCUT2D eigenvalue weighted by Gasteiger charge is -2.40. The highest BCUT2D eigenvalue weighted by molar-refractivity contribution is 6.34. The molecule has 178 valence electrons. The molecule has 2 aliphatic heterocycles. The summed E-state index contributed by atoms with van der Waals surface area (Å²) < 4.78 is 0. The zero-order valence-corrected chi connectivity index (χ0v) is 20.6. The van der Waals surface area contributed by atoms with Gasteiger partial charge in [-0.2, -0.15) is 0 Å². The van der Waals surface area contributed by atoms with Gasteiger partial charge in [0.05, 0.1) is 6.42 Å². The highest BCUT2D eigenvalue weighted by Crippen LogP contribution is 2.32. The number of fused-ring (bicyclic) bond motifs is 1. The normalized spacial score (nSPS) is 18.1. The highest BCUT2D eigenvalue weighted by atomic mass is 35.5. The van der Waals surface area contributed by atoms with Gasteiger partial charge in [0, 0.05) is 47.3 Å². The number of carboxylic acid groups (broad SMARTS) is 1. The van der Waals surface area contributed by atoms with Crippen LogP contribution in [0.3, 0.4) is 0 Å². The molecule has 0 bridgehead atoms. The van der Waals surface area contributed by atoms with Crippen molar-refractivity contribution in [3.63, 3.8) is 0 Å². The fourth-order valence-electron chi connectivity index (χ4n) is 5.02. The van der Waals surface area contributed by atoms with E-state index in [1.165, 1.54) is 12.0 Å². The van der Waals surface area contributed by atoms with Crippen LogP contribution in [0.1, 0.15) is 48.5 Å². The number of nitrogens with zero attached hydrogens (tertiary/aromatic N) is 3. The Labute approximate surface area is 205 Å². The van der Waals surface area contributed by atoms with Crippen molar-refractivity contribution in [2.75, 3.05) is 38.5 Å². The first-order valence-corrected chi connectivity index (χ1v) is 12.5. The van der Waals surface area contributed by atoms with E-state index in [-0.39, 0.29) is 12.5 Å². The standard InChI is InChI=1S/C25H32Cl2N4O2/c1-30(23(16-24(32)33)18-13-19(26)15-20(27)14-18)22-7-11-31(12-8-22)10-6-21-5-4-17-3-2-9-28-25(17)29-21/h4-5,13-15,22-23H,2-3,6-12,16H2,1H3,(H,28,29)(H,32,33)/t23-/m0/s1. The molecule has 33 heavy (non-hydrogen) atoms. The van der Waals surface area contributed by atoms with Crippen LogP contribution in [0.15, 0.2) is 30.3 Å². The molecule has 1 aromatic carbocycles. The fourth-order valence-corrected chi connectivity index (χ4v) is 5.56. The molecular weight excluding hydrogens is 459 g/mol. The Kier molecular flexibility index (Phi) is 8.12. The molecule has 1 atom stereocenters. The number of hydrogen-bond donors (Lipinski definition) is 2. The lowest BCUT2D eigenvalue weighted by molar-refractivity contribution is -0.138. The number of hydrogen-bond acceptors (Lipinski definition) is 5. The van der Waals surface area contributed by atoms with Gasteiger partial charge in [0.25, 0.3) is 0 Å². The molecule has 2 aromatic rings. The Morgan fingerprint density at radius 1 is 1.24 bits per heavy atom. The maximum Gasteiger partial charge on any atom is 0.305 e. The first kappa shape index (κ1) is 24.3. The van der Waals surface area contributed by atoms with Gasteiger partial charge in [-0.3, -0.25) is 9.69 Å². The van der Waals surface area contributed by atoms with Gasteiger partial charge >= 0.3 is 5.97 Å². The average molecular weight is 491 g/mol. The lowest BCUT2D eigenvalue weighted by Crippen LogP contribution is -2.45. The number of anilines is 1. The van der Waals surface area contributed by atoms with Crippen molar-refractivity contribution < 1.29 is 9.90 Å². The topological polar surface area (TPSA) is 68.7 Å². The zero-order chi connectivity index (χ0) is 23.4. The molecule has 3 heterocycles. The van der Waals surface area contributed by atoms with Crippen molar-refractivity contribution in [2.45, 2.75) is 50.6 Å². The van der Waals surface area contributed by atoms with Crippen LogP contribution in [0.2, 0.25) is 10.0 Å². The summed E-state index contributed by atoms with van der Waals surface area (Å²) in [5.74, 6) is 0.233. The average Bonchev–Trinajstić information content (AvgIpc) is 2.80. The van der Waals surface area contributed by atoms with Gasteiger partial charge in [-0.15, -0.1) is 0 Å². The van der Waals surface area contributed by atoms with Gasteiger partial charge in [0.1, 0.15) is 5.82 Å². The second-order valence-electron chi connectivity index (χ2n) is 9.15. The molecule has 0 unspecified atom stereocenters. The van der Waals surface area contributed by atoms with Crippen LogP contribution in [0.4, 0.5) is 5.82 Å². The molecule has 2 N–H and O–H groups in total. The first-order valence-electron chi connectivity index (χ1n) is 11.7. The molecular formula is C25H32Cl2N4O2. The summed E-state index contributed by atoms with van der Waals surface area (Å²) in [6, 6.07) is 9.77. The third-order valence-electron chi connectivity index (χ3n) is 6.90. The molecule has 0 saturated carbocycles. The number of benzene rings is 1. The Morgan fingerprint density at radius 3 is 2.67 bits per heavy atom. The largest absolute Gasteiger partial charge is 0.481 e. The SMILES string of the molecule is CN(C1CCN(CCc2ccc3c(n2)NCCC3)CC1)[C@@H](CC(=O)O)c1cc(Cl)cc(Cl)c1. The van der Waals surface area contributed by atoms with Crippen LogP contribution in [-0.2, 0) is 17.6 Å². The molecule has 0 spiro atoms. The van der Waals surface area contributed by atoms with E-state index in [2.05, 4.69) is 27.2 Å². The van der Waals surface area contributed by atoms with Crippen LogP contribution in [-0.4, -0.2) is 65.1 Å². The Balaban J connectivity index is 1.33. The number of carbonyl (C=O) groups is 1. The second-order valence-corrected chi connectivity index (χ2v) is 10.0. The van der Waals surface area contributed by atoms with Gasteiger partial charge in [0.2, 0.25) is 0 Å². The van der Waals surface area contributed by atoms with Gasteiger partial charge in [-0.25, -0.2) is 4.98 Å². The van der Waals surface area contributed by atoms with Gasteiger partial charge in [-0.05, 0) is 81.2 Å². The number of pyridine rings is 1. The van der Waals surface area contributed by atoms with Gasteiger partial charge < -0.3 is 15.3 Å². The van der Waals surface area contributed by atoms with Crippen molar-refractivity contribution in [3.8, 4) is 0 Å². The molecule has 4 rings (SSSR count). The third kappa shape index (κ3) is 6.38. The third-order valence-corrected chi connectivity index (χ3v) is 7.33. The van der Waals surface area contributed by atoms with Gasteiger partial charge in [-0.1, -0.05) is 29.3 Å². The zero-order valence-electron chi connectivity index (χ0n) is 19.1. The number of aliphatic carboxylic acids is 1. The summed E-state index contributed by atoms with van der Waals surface area (Å²) in [5, 5.41) is 14.0. The number of aromatic nitrogens is 1. The lowest BCUT2D eigenvalue weighted by atomic mass is 9.96. The second kappa shape index (κ2) is 11.0. The van der Waals surface area contributed by atoms with E-state index in [0.717, 1.165) is 68.9 Å². The van der Waals surface area contributed by atoms with E-state index in [9.17, 15) is 9.90 Å². The van der Waals surface area contributed by atoms with Crippen molar-refractivity contribution in [1.29, 1.82) is 0 Å². The van der Waals surface area contributed by atoms with Crippen LogP contribution in [0.25, 0.3) is 0 Å².